The summed E-state index contributed by atoms with van der Waals surface area (Å²) in [5, 5.41) is 6.09. The molecule has 23 heavy (non-hydrogen) atoms. The molecule has 2 rings (SSSR count). The van der Waals surface area contributed by atoms with Gasteiger partial charge in [0, 0.05) is 5.69 Å². The Kier molecular flexibility index (Phi) is 4.34. The molecule has 0 aliphatic carbocycles. The molecule has 0 bridgehead atoms. The molecule has 0 amide bonds. The summed E-state index contributed by atoms with van der Waals surface area (Å²) >= 11 is 0. The molecule has 0 aliphatic heterocycles. The molecule has 11 heteroatoms. The van der Waals surface area contributed by atoms with Gasteiger partial charge in [-0.3, -0.25) is 4.55 Å². The fourth-order valence-corrected chi connectivity index (χ4v) is 2.07. The van der Waals surface area contributed by atoms with Crippen molar-refractivity contribution in [2.45, 2.75) is 4.90 Å². The Morgan fingerprint density at radius 2 is 1.17 bits per heavy atom. The van der Waals surface area contributed by atoms with Crippen LogP contribution in [0.15, 0.2) is 39.4 Å². The molecule has 0 atom stereocenters. The summed E-state index contributed by atoms with van der Waals surface area (Å²) in [6, 6.07) is 2.02. The van der Waals surface area contributed by atoms with Crippen molar-refractivity contribution in [3.63, 3.8) is 0 Å². The number of azo groups is 1. The van der Waals surface area contributed by atoms with E-state index in [1.165, 1.54) is 0 Å². The molecule has 0 heterocycles. The Bertz CT molecular complexity index is 870. The average Bonchev–Trinajstić information content (AvgIpc) is 2.38. The van der Waals surface area contributed by atoms with Gasteiger partial charge >= 0.3 is 0 Å². The summed E-state index contributed by atoms with van der Waals surface area (Å²) in [6.45, 7) is 0. The third-order valence-corrected chi connectivity index (χ3v) is 3.41. The summed E-state index contributed by atoms with van der Waals surface area (Å²) in [5.74, 6) is -5.42. The van der Waals surface area contributed by atoms with Crippen molar-refractivity contribution in [3.8, 4) is 0 Å². The standard InChI is InChI=1S/C12H7F4N3O3S/c13-7-1-5(17)2-8(14)11(7)18-19-12-9(15)3-6(4-10(12)16)23(20,21)22/h1-4H,17H2,(H,20,21,22). The smallest absolute Gasteiger partial charge is 0.294 e. The first-order chi connectivity index (χ1) is 10.6. The number of rotatable bonds is 3. The van der Waals surface area contributed by atoms with Gasteiger partial charge in [0.1, 0.15) is 0 Å². The highest BCUT2D eigenvalue weighted by Gasteiger charge is 2.18. The van der Waals surface area contributed by atoms with Crippen LogP contribution in [0.5, 0.6) is 0 Å². The van der Waals surface area contributed by atoms with Gasteiger partial charge in [-0.1, -0.05) is 0 Å². The van der Waals surface area contributed by atoms with Crippen LogP contribution in [-0.4, -0.2) is 13.0 Å². The van der Waals surface area contributed by atoms with Crippen LogP contribution in [0.3, 0.4) is 0 Å². The van der Waals surface area contributed by atoms with Gasteiger partial charge in [0.05, 0.1) is 4.90 Å². The van der Waals surface area contributed by atoms with Crippen molar-refractivity contribution in [3.05, 3.63) is 47.5 Å². The molecule has 0 saturated heterocycles. The summed E-state index contributed by atoms with van der Waals surface area (Å²) in [7, 11) is -4.84. The van der Waals surface area contributed by atoms with E-state index in [0.717, 1.165) is 12.1 Å². The molecule has 2 aromatic carbocycles. The summed E-state index contributed by atoms with van der Waals surface area (Å²) < 4.78 is 84.5. The predicted molar refractivity (Wildman–Crippen MR) is 71.1 cm³/mol. The maximum Gasteiger partial charge on any atom is 0.294 e. The molecular formula is C12H7F4N3O3S. The van der Waals surface area contributed by atoms with E-state index in [-0.39, 0.29) is 17.8 Å². The zero-order valence-electron chi connectivity index (χ0n) is 11.0. The molecule has 0 fully saturated rings. The van der Waals surface area contributed by atoms with Crippen molar-refractivity contribution in [1.29, 1.82) is 0 Å². The molecule has 2 aromatic rings. The van der Waals surface area contributed by atoms with E-state index in [0.29, 0.717) is 0 Å². The normalized spacial score (nSPS) is 12.0. The third kappa shape index (κ3) is 3.63. The topological polar surface area (TPSA) is 105 Å². The Morgan fingerprint density at radius 1 is 0.826 bits per heavy atom. The Morgan fingerprint density at radius 3 is 1.52 bits per heavy atom. The second-order valence-corrected chi connectivity index (χ2v) is 5.67. The number of hydrogen-bond acceptors (Lipinski definition) is 5. The average molecular weight is 349 g/mol. The SMILES string of the molecule is Nc1cc(F)c(N=Nc2c(F)cc(S(=O)(=O)O)cc2F)c(F)c1. The van der Waals surface area contributed by atoms with E-state index in [1.807, 2.05) is 0 Å². The van der Waals surface area contributed by atoms with Crippen LogP contribution in [0.25, 0.3) is 0 Å². The van der Waals surface area contributed by atoms with Gasteiger partial charge in [0.2, 0.25) is 0 Å². The lowest BCUT2D eigenvalue weighted by molar-refractivity contribution is 0.480. The molecule has 122 valence electrons. The van der Waals surface area contributed by atoms with E-state index in [4.69, 9.17) is 10.3 Å². The number of hydrogen-bond donors (Lipinski definition) is 2. The Hall–Kier alpha value is -2.53. The van der Waals surface area contributed by atoms with E-state index < -0.39 is 49.7 Å². The van der Waals surface area contributed by atoms with Gasteiger partial charge in [0.25, 0.3) is 10.1 Å². The molecule has 0 unspecified atom stereocenters. The van der Waals surface area contributed by atoms with E-state index in [9.17, 15) is 26.0 Å². The lowest BCUT2D eigenvalue weighted by Gasteiger charge is -2.03. The van der Waals surface area contributed by atoms with Crippen molar-refractivity contribution < 1.29 is 30.5 Å². The van der Waals surface area contributed by atoms with Crippen LogP contribution in [0.1, 0.15) is 0 Å². The van der Waals surface area contributed by atoms with Gasteiger partial charge in [-0.25, -0.2) is 17.6 Å². The number of benzene rings is 2. The molecule has 0 aliphatic rings. The zero-order chi connectivity index (χ0) is 17.4. The first-order valence-electron chi connectivity index (χ1n) is 5.72. The summed E-state index contributed by atoms with van der Waals surface area (Å²) in [5.41, 5.74) is 2.94. The maximum absolute atomic E-state index is 13.6. The Balaban J connectivity index is 2.49. The lowest BCUT2D eigenvalue weighted by Crippen LogP contribution is -2.00. The minimum Gasteiger partial charge on any atom is -0.399 e. The second kappa shape index (κ2) is 5.93. The number of halogens is 4. The van der Waals surface area contributed by atoms with Gasteiger partial charge in [-0.2, -0.15) is 8.42 Å². The highest BCUT2D eigenvalue weighted by atomic mass is 32.2. The van der Waals surface area contributed by atoms with Crippen molar-refractivity contribution >= 4 is 27.2 Å². The largest absolute Gasteiger partial charge is 0.399 e. The fraction of sp³-hybridized carbons (Fsp3) is 0. The van der Waals surface area contributed by atoms with Gasteiger partial charge in [-0.15, -0.1) is 10.2 Å². The number of nitrogens with zero attached hydrogens (tertiary/aromatic N) is 2. The fourth-order valence-electron chi connectivity index (χ4n) is 1.57. The Labute approximate surface area is 127 Å². The minimum absolute atomic E-state index is 0.228. The second-order valence-electron chi connectivity index (χ2n) is 4.24. The maximum atomic E-state index is 13.6. The monoisotopic (exact) mass is 349 g/mol. The highest BCUT2D eigenvalue weighted by molar-refractivity contribution is 7.85. The molecule has 6 nitrogen and oxygen atoms in total. The summed E-state index contributed by atoms with van der Waals surface area (Å²) in [6.07, 6.45) is 0. The number of nitrogens with two attached hydrogens (primary N) is 1. The van der Waals surface area contributed by atoms with Crippen LogP contribution in [0, 0.1) is 23.3 Å². The van der Waals surface area contributed by atoms with Gasteiger partial charge < -0.3 is 5.73 Å². The predicted octanol–water partition coefficient (Wildman–Crippen LogP) is 3.49. The van der Waals surface area contributed by atoms with Crippen molar-refractivity contribution in [2.75, 3.05) is 5.73 Å². The number of nitrogen functional groups attached to an aromatic ring is 1. The van der Waals surface area contributed by atoms with E-state index in [2.05, 4.69) is 10.2 Å². The molecule has 0 aromatic heterocycles. The van der Waals surface area contributed by atoms with Crippen LogP contribution < -0.4 is 5.73 Å². The van der Waals surface area contributed by atoms with Gasteiger partial charge in [-0.05, 0) is 24.3 Å². The zero-order valence-corrected chi connectivity index (χ0v) is 11.8. The highest BCUT2D eigenvalue weighted by Crippen LogP contribution is 2.30. The van der Waals surface area contributed by atoms with Crippen molar-refractivity contribution in [1.82, 2.24) is 0 Å². The van der Waals surface area contributed by atoms with E-state index >= 15 is 0 Å². The quantitative estimate of drug-likeness (QED) is 0.383. The lowest BCUT2D eigenvalue weighted by atomic mass is 10.2. The summed E-state index contributed by atoms with van der Waals surface area (Å²) in [4.78, 5) is -1.05. The molecule has 0 saturated carbocycles. The number of anilines is 1. The van der Waals surface area contributed by atoms with Gasteiger partial charge in [0.15, 0.2) is 34.6 Å². The third-order valence-electron chi connectivity index (χ3n) is 2.58. The van der Waals surface area contributed by atoms with Crippen LogP contribution in [0.4, 0.5) is 34.6 Å². The molecular weight excluding hydrogens is 342 g/mol. The van der Waals surface area contributed by atoms with Crippen LogP contribution in [0.2, 0.25) is 0 Å². The first kappa shape index (κ1) is 16.8. The minimum atomic E-state index is -4.84. The first-order valence-corrected chi connectivity index (χ1v) is 7.16. The molecule has 3 N–H and O–H groups in total. The van der Waals surface area contributed by atoms with Crippen LogP contribution in [-0.2, 0) is 10.1 Å². The van der Waals surface area contributed by atoms with E-state index in [1.54, 1.807) is 0 Å². The van der Waals surface area contributed by atoms with Crippen molar-refractivity contribution in [2.24, 2.45) is 10.2 Å². The molecule has 0 radical (unpaired) electrons. The van der Waals surface area contributed by atoms with Crippen LogP contribution >= 0.6 is 0 Å². The molecule has 0 spiro atoms.